The Bertz CT molecular complexity index is 775. The molecule has 0 saturated heterocycles. The first-order valence-electron chi connectivity index (χ1n) is 6.05. The fourth-order valence-electron chi connectivity index (χ4n) is 2.03. The first-order valence-corrected chi connectivity index (χ1v) is 6.46. The number of aryl methyl sites for hydroxylation is 1. The van der Waals surface area contributed by atoms with Crippen molar-refractivity contribution in [2.75, 3.05) is 5.32 Å². The van der Waals surface area contributed by atoms with Gasteiger partial charge in [-0.2, -0.15) is 0 Å². The number of aromatic amines is 1. The number of fused-ring (bicyclic) bond motifs is 1. The molecule has 3 rings (SSSR count). The maximum absolute atomic E-state index is 5.55. The maximum atomic E-state index is 5.55. The average Bonchev–Trinajstić information content (AvgIpc) is 2.74. The van der Waals surface area contributed by atoms with Crippen LogP contribution < -0.4 is 10.3 Å². The summed E-state index contributed by atoms with van der Waals surface area (Å²) in [5.74, 6) is 0.981. The van der Waals surface area contributed by atoms with Crippen molar-refractivity contribution in [3.63, 3.8) is 0 Å². The molecule has 2 heterocycles. The van der Waals surface area contributed by atoms with Crippen molar-refractivity contribution in [2.45, 2.75) is 13.6 Å². The predicted octanol–water partition coefficient (Wildman–Crippen LogP) is 3.16. The van der Waals surface area contributed by atoms with E-state index in [4.69, 9.17) is 16.6 Å². The van der Waals surface area contributed by atoms with E-state index < -0.39 is 0 Å². The number of hydrogen-bond acceptors (Lipinski definition) is 3. The Hall–Kier alpha value is -2.14. The molecule has 1 aromatic carbocycles. The molecule has 96 valence electrons. The highest BCUT2D eigenvalue weighted by atomic mass is 32.1. The van der Waals surface area contributed by atoms with Gasteiger partial charge in [0, 0.05) is 5.56 Å². The Kier molecular flexibility index (Phi) is 3.05. The Morgan fingerprint density at radius 1 is 1.26 bits per heavy atom. The second-order valence-electron chi connectivity index (χ2n) is 4.33. The molecule has 0 bridgehead atoms. The van der Waals surface area contributed by atoms with Gasteiger partial charge in [0.15, 0.2) is 12.3 Å². The Morgan fingerprint density at radius 3 is 2.95 bits per heavy atom. The summed E-state index contributed by atoms with van der Waals surface area (Å²) in [4.78, 5) is 3.65. The third-order valence-electron chi connectivity index (χ3n) is 3.05. The van der Waals surface area contributed by atoms with E-state index in [1.54, 1.807) is 0 Å². The molecule has 0 unspecified atom stereocenters. The molecule has 0 aliphatic rings. The molecule has 0 aliphatic carbocycles. The van der Waals surface area contributed by atoms with Crippen LogP contribution in [0.5, 0.6) is 0 Å². The van der Waals surface area contributed by atoms with E-state index >= 15 is 0 Å². The maximum Gasteiger partial charge on any atom is 0.276 e. The van der Waals surface area contributed by atoms with Crippen molar-refractivity contribution in [1.29, 1.82) is 0 Å². The van der Waals surface area contributed by atoms with Gasteiger partial charge in [-0.1, -0.05) is 12.1 Å². The molecule has 0 radical (unpaired) electrons. The van der Waals surface area contributed by atoms with E-state index in [2.05, 4.69) is 10.3 Å². The third kappa shape index (κ3) is 2.24. The van der Waals surface area contributed by atoms with E-state index in [1.165, 1.54) is 0 Å². The summed E-state index contributed by atoms with van der Waals surface area (Å²) in [6.07, 6.45) is 1.89. The highest BCUT2D eigenvalue weighted by molar-refractivity contribution is 7.71. The average molecular weight is 272 g/mol. The van der Waals surface area contributed by atoms with Crippen molar-refractivity contribution in [1.82, 2.24) is 4.57 Å². The summed E-state index contributed by atoms with van der Waals surface area (Å²) in [7, 11) is 0. The summed E-state index contributed by atoms with van der Waals surface area (Å²) < 4.78 is 7.48. The van der Waals surface area contributed by atoms with Crippen LogP contribution in [0, 0.1) is 11.8 Å². The molecule has 2 N–H and O–H groups in total. The molecule has 3 aromatic rings. The molecule has 0 aliphatic heterocycles. The fraction of sp³-hybridized carbons (Fsp3) is 0.143. The lowest BCUT2D eigenvalue weighted by Crippen LogP contribution is -2.17. The number of benzene rings is 1. The largest absolute Gasteiger partial charge is 0.429 e. The van der Waals surface area contributed by atoms with Gasteiger partial charge in [0.25, 0.3) is 10.7 Å². The topological polar surface area (TPSA) is 44.2 Å². The highest BCUT2D eigenvalue weighted by Crippen LogP contribution is 2.17. The molecular weight excluding hydrogens is 258 g/mol. The standard InChI is InChI=1S/C14H13N3OS/c1-10-5-4-8-15-13(10)16-9-17-11-6-2-3-7-12(11)18-14(17)19/h2-8H,9H2,1H3,(H,15,16)/p+1. The second-order valence-corrected chi connectivity index (χ2v) is 4.68. The summed E-state index contributed by atoms with van der Waals surface area (Å²) in [6, 6.07) is 11.8. The van der Waals surface area contributed by atoms with Crippen LogP contribution in [0.15, 0.2) is 47.0 Å². The van der Waals surface area contributed by atoms with Crippen LogP contribution in [-0.2, 0) is 6.67 Å². The van der Waals surface area contributed by atoms with Crippen LogP contribution in [-0.4, -0.2) is 4.57 Å². The summed E-state index contributed by atoms with van der Waals surface area (Å²) in [5.41, 5.74) is 2.96. The van der Waals surface area contributed by atoms with Crippen molar-refractivity contribution in [3.05, 3.63) is 53.0 Å². The van der Waals surface area contributed by atoms with Crippen LogP contribution in [0.3, 0.4) is 0 Å². The van der Waals surface area contributed by atoms with Gasteiger partial charge in [-0.25, -0.2) is 4.98 Å². The van der Waals surface area contributed by atoms with Crippen LogP contribution in [0.1, 0.15) is 5.56 Å². The fourth-order valence-corrected chi connectivity index (χ4v) is 2.29. The summed E-state index contributed by atoms with van der Waals surface area (Å²) >= 11 is 5.25. The van der Waals surface area contributed by atoms with Crippen LogP contribution >= 0.6 is 12.2 Å². The molecular formula is C14H14N3OS+. The normalized spacial score (nSPS) is 10.8. The lowest BCUT2D eigenvalue weighted by molar-refractivity contribution is -0.361. The first kappa shape index (κ1) is 11.9. The van der Waals surface area contributed by atoms with Crippen LogP contribution in [0.2, 0.25) is 0 Å². The van der Waals surface area contributed by atoms with Crippen LogP contribution in [0.4, 0.5) is 5.82 Å². The number of aromatic nitrogens is 2. The van der Waals surface area contributed by atoms with Gasteiger partial charge >= 0.3 is 0 Å². The van der Waals surface area contributed by atoms with E-state index in [-0.39, 0.29) is 0 Å². The number of oxazole rings is 1. The number of hydrogen-bond donors (Lipinski definition) is 1. The lowest BCUT2D eigenvalue weighted by atomic mass is 10.3. The van der Waals surface area contributed by atoms with Gasteiger partial charge < -0.3 is 4.42 Å². The molecule has 0 spiro atoms. The van der Waals surface area contributed by atoms with E-state index in [9.17, 15) is 0 Å². The van der Waals surface area contributed by atoms with Crippen molar-refractivity contribution < 1.29 is 9.40 Å². The second kappa shape index (κ2) is 4.85. The minimum absolute atomic E-state index is 0.474. The van der Waals surface area contributed by atoms with Gasteiger partial charge in [-0.05, 0) is 43.4 Å². The lowest BCUT2D eigenvalue weighted by Gasteiger charge is -2.03. The van der Waals surface area contributed by atoms with Crippen molar-refractivity contribution in [2.24, 2.45) is 0 Å². The van der Waals surface area contributed by atoms with Crippen LogP contribution in [0.25, 0.3) is 11.1 Å². The smallest absolute Gasteiger partial charge is 0.276 e. The quantitative estimate of drug-likeness (QED) is 0.745. The molecule has 0 saturated carbocycles. The Morgan fingerprint density at radius 2 is 2.11 bits per heavy atom. The molecule has 2 aromatic heterocycles. The predicted molar refractivity (Wildman–Crippen MR) is 76.4 cm³/mol. The van der Waals surface area contributed by atoms with Crippen molar-refractivity contribution >= 4 is 29.1 Å². The molecule has 4 nitrogen and oxygen atoms in total. The van der Waals surface area contributed by atoms with Gasteiger partial charge in [0.05, 0.1) is 11.7 Å². The first-order chi connectivity index (χ1) is 9.25. The van der Waals surface area contributed by atoms with Gasteiger partial charge in [0.2, 0.25) is 0 Å². The molecule has 5 heteroatoms. The van der Waals surface area contributed by atoms with Gasteiger partial charge in [-0.15, -0.1) is 0 Å². The molecule has 0 atom stereocenters. The number of nitrogens with one attached hydrogen (secondary N) is 2. The number of pyridine rings is 1. The number of H-pyrrole nitrogens is 1. The minimum atomic E-state index is 0.474. The van der Waals surface area contributed by atoms with Gasteiger partial charge in [0.1, 0.15) is 0 Å². The zero-order chi connectivity index (χ0) is 13.2. The Balaban J connectivity index is 1.92. The van der Waals surface area contributed by atoms with E-state index in [1.807, 2.05) is 54.1 Å². The monoisotopic (exact) mass is 272 g/mol. The van der Waals surface area contributed by atoms with E-state index in [0.29, 0.717) is 11.5 Å². The minimum Gasteiger partial charge on any atom is -0.429 e. The number of anilines is 1. The van der Waals surface area contributed by atoms with E-state index in [0.717, 1.165) is 22.5 Å². The third-order valence-corrected chi connectivity index (χ3v) is 3.36. The SMILES string of the molecule is Cc1ccc[nH+]c1NCn1c(=S)oc2ccccc21. The zero-order valence-corrected chi connectivity index (χ0v) is 11.3. The molecule has 0 amide bonds. The molecule has 19 heavy (non-hydrogen) atoms. The summed E-state index contributed by atoms with van der Waals surface area (Å²) in [6.45, 7) is 2.61. The highest BCUT2D eigenvalue weighted by Gasteiger charge is 2.09. The zero-order valence-electron chi connectivity index (χ0n) is 10.5. The number of rotatable bonds is 3. The van der Waals surface area contributed by atoms with Crippen molar-refractivity contribution in [3.8, 4) is 0 Å². The number of para-hydroxylation sites is 2. The molecule has 0 fully saturated rings. The summed E-state index contributed by atoms with van der Waals surface area (Å²) in [5, 5.41) is 3.33. The van der Waals surface area contributed by atoms with Gasteiger partial charge in [-0.3, -0.25) is 9.88 Å². The Labute approximate surface area is 115 Å². The number of nitrogens with zero attached hydrogens (tertiary/aromatic N) is 1.